The van der Waals surface area contributed by atoms with Crippen LogP contribution in [0, 0.1) is 11.6 Å². The molecular weight excluding hydrogens is 228 g/mol. The number of hydrogen-bond acceptors (Lipinski definition) is 0. The fraction of sp³-hybridized carbons (Fsp3) is 0.143. The van der Waals surface area contributed by atoms with E-state index in [1.165, 1.54) is 0 Å². The molecule has 0 aliphatic heterocycles. The van der Waals surface area contributed by atoms with Gasteiger partial charge in [-0.1, -0.05) is 34.8 Å². The molecule has 0 unspecified atom stereocenters. The summed E-state index contributed by atoms with van der Waals surface area (Å²) in [6, 6.07) is 2.64. The van der Waals surface area contributed by atoms with Crippen molar-refractivity contribution in [3.8, 4) is 0 Å². The molecule has 0 spiro atoms. The zero-order valence-corrected chi connectivity index (χ0v) is 7.89. The summed E-state index contributed by atoms with van der Waals surface area (Å²) in [4.78, 5) is 0. The van der Waals surface area contributed by atoms with E-state index in [4.69, 9.17) is 34.8 Å². The van der Waals surface area contributed by atoms with Crippen LogP contribution >= 0.6 is 34.8 Å². The van der Waals surface area contributed by atoms with Crippen LogP contribution < -0.4 is 0 Å². The molecule has 1 aromatic rings. The second-order valence-electron chi connectivity index (χ2n) is 2.16. The highest BCUT2D eigenvalue weighted by Crippen LogP contribution is 2.38. The van der Waals surface area contributed by atoms with Crippen LogP contribution in [0.4, 0.5) is 8.78 Å². The molecule has 0 saturated heterocycles. The molecule has 0 bridgehead atoms. The van der Waals surface area contributed by atoms with Gasteiger partial charge in [0.05, 0.1) is 0 Å². The van der Waals surface area contributed by atoms with Gasteiger partial charge in [-0.05, 0) is 12.1 Å². The Kier molecular flexibility index (Phi) is 2.81. The molecule has 0 aliphatic rings. The first-order valence-electron chi connectivity index (χ1n) is 2.93. The summed E-state index contributed by atoms with van der Waals surface area (Å²) in [5.74, 6) is -1.53. The standard InChI is InChI=1S/C7H3Cl3F2/c8-7(9,10)4-1-5(11)3-6(12)2-4/h1-3H. The lowest BCUT2D eigenvalue weighted by Gasteiger charge is -2.10. The molecule has 0 N–H and O–H groups in total. The minimum Gasteiger partial charge on any atom is -0.207 e. The fourth-order valence-corrected chi connectivity index (χ4v) is 1.04. The molecule has 5 heteroatoms. The van der Waals surface area contributed by atoms with Gasteiger partial charge >= 0.3 is 0 Å². The summed E-state index contributed by atoms with van der Waals surface area (Å²) in [5.41, 5.74) is -0.0231. The Bertz CT molecular complexity index is 273. The normalized spacial score (nSPS) is 11.8. The zero-order chi connectivity index (χ0) is 9.35. The van der Waals surface area contributed by atoms with E-state index >= 15 is 0 Å². The monoisotopic (exact) mass is 230 g/mol. The van der Waals surface area contributed by atoms with Gasteiger partial charge in [0.15, 0.2) is 0 Å². The van der Waals surface area contributed by atoms with E-state index in [2.05, 4.69) is 0 Å². The molecule has 0 radical (unpaired) electrons. The van der Waals surface area contributed by atoms with E-state index in [0.29, 0.717) is 6.07 Å². The molecule has 1 rings (SSSR count). The van der Waals surface area contributed by atoms with Gasteiger partial charge in [0.1, 0.15) is 11.6 Å². The molecule has 0 heterocycles. The van der Waals surface area contributed by atoms with Gasteiger partial charge in [0.25, 0.3) is 0 Å². The Hall–Kier alpha value is -0.0500. The second kappa shape index (κ2) is 3.36. The third-order valence-corrected chi connectivity index (χ3v) is 1.84. The van der Waals surface area contributed by atoms with Crippen LogP contribution in [0.3, 0.4) is 0 Å². The number of halogens is 5. The van der Waals surface area contributed by atoms with Crippen LogP contribution in [-0.4, -0.2) is 0 Å². The van der Waals surface area contributed by atoms with Crippen molar-refractivity contribution >= 4 is 34.8 Å². The highest BCUT2D eigenvalue weighted by Gasteiger charge is 2.23. The maximum Gasteiger partial charge on any atom is 0.216 e. The van der Waals surface area contributed by atoms with Crippen LogP contribution in [0.25, 0.3) is 0 Å². The summed E-state index contributed by atoms with van der Waals surface area (Å²) in [6.45, 7) is 0. The maximum absolute atomic E-state index is 12.5. The Balaban J connectivity index is 3.18. The summed E-state index contributed by atoms with van der Waals surface area (Å²) in [6.07, 6.45) is 0. The number of alkyl halides is 3. The molecule has 0 atom stereocenters. The van der Waals surface area contributed by atoms with Crippen LogP contribution in [0.5, 0.6) is 0 Å². The lowest BCUT2D eigenvalue weighted by atomic mass is 10.2. The SMILES string of the molecule is Fc1cc(F)cc(C(Cl)(Cl)Cl)c1. The Morgan fingerprint density at radius 1 is 0.917 bits per heavy atom. The van der Waals surface area contributed by atoms with Crippen molar-refractivity contribution in [1.29, 1.82) is 0 Å². The lowest BCUT2D eigenvalue weighted by molar-refractivity contribution is 0.580. The smallest absolute Gasteiger partial charge is 0.207 e. The predicted molar refractivity (Wildman–Crippen MR) is 45.6 cm³/mol. The summed E-state index contributed by atoms with van der Waals surface area (Å²) >= 11 is 16.2. The molecule has 12 heavy (non-hydrogen) atoms. The molecule has 0 fully saturated rings. The molecule has 0 saturated carbocycles. The quantitative estimate of drug-likeness (QED) is 0.596. The molecular formula is C7H3Cl3F2. The predicted octanol–water partition coefficient (Wildman–Crippen LogP) is 3.79. The molecule has 0 amide bonds. The summed E-state index contributed by atoms with van der Waals surface area (Å²) in [7, 11) is 0. The first-order chi connectivity index (χ1) is 5.39. The van der Waals surface area contributed by atoms with Crippen molar-refractivity contribution in [3.05, 3.63) is 35.4 Å². The third-order valence-electron chi connectivity index (χ3n) is 1.19. The van der Waals surface area contributed by atoms with Crippen LogP contribution in [0.1, 0.15) is 5.56 Å². The minimum atomic E-state index is -1.79. The molecule has 66 valence electrons. The summed E-state index contributed by atoms with van der Waals surface area (Å²) in [5, 5.41) is 0. The number of rotatable bonds is 0. The lowest BCUT2D eigenvalue weighted by Crippen LogP contribution is -2.01. The van der Waals surface area contributed by atoms with E-state index in [0.717, 1.165) is 12.1 Å². The molecule has 0 nitrogen and oxygen atoms in total. The van der Waals surface area contributed by atoms with E-state index in [-0.39, 0.29) is 5.56 Å². The Labute approximate surface area is 83.0 Å². The van der Waals surface area contributed by atoms with Gasteiger partial charge in [0, 0.05) is 11.6 Å². The van der Waals surface area contributed by atoms with Crippen molar-refractivity contribution in [2.24, 2.45) is 0 Å². The van der Waals surface area contributed by atoms with Crippen molar-refractivity contribution in [2.75, 3.05) is 0 Å². The van der Waals surface area contributed by atoms with Gasteiger partial charge in [-0.25, -0.2) is 8.78 Å². The first kappa shape index (κ1) is 10.0. The van der Waals surface area contributed by atoms with Gasteiger partial charge in [-0.3, -0.25) is 0 Å². The minimum absolute atomic E-state index is 0.0231. The summed E-state index contributed by atoms with van der Waals surface area (Å²) < 4.78 is 23.3. The maximum atomic E-state index is 12.5. The Morgan fingerprint density at radius 2 is 1.33 bits per heavy atom. The highest BCUT2D eigenvalue weighted by atomic mass is 35.6. The van der Waals surface area contributed by atoms with E-state index < -0.39 is 15.4 Å². The average molecular weight is 231 g/mol. The molecule has 0 aromatic heterocycles. The van der Waals surface area contributed by atoms with Crippen molar-refractivity contribution in [3.63, 3.8) is 0 Å². The first-order valence-corrected chi connectivity index (χ1v) is 4.06. The highest BCUT2D eigenvalue weighted by molar-refractivity contribution is 6.66. The van der Waals surface area contributed by atoms with Gasteiger partial charge < -0.3 is 0 Å². The van der Waals surface area contributed by atoms with Crippen LogP contribution in [0.2, 0.25) is 0 Å². The largest absolute Gasteiger partial charge is 0.216 e. The zero-order valence-electron chi connectivity index (χ0n) is 5.62. The fourth-order valence-electron chi connectivity index (χ4n) is 0.717. The van der Waals surface area contributed by atoms with Gasteiger partial charge in [-0.2, -0.15) is 0 Å². The third kappa shape index (κ3) is 2.47. The average Bonchev–Trinajstić information content (AvgIpc) is 1.82. The van der Waals surface area contributed by atoms with Gasteiger partial charge in [0.2, 0.25) is 3.79 Å². The Morgan fingerprint density at radius 3 is 1.67 bits per heavy atom. The van der Waals surface area contributed by atoms with E-state index in [1.54, 1.807) is 0 Å². The number of benzene rings is 1. The van der Waals surface area contributed by atoms with Crippen molar-refractivity contribution in [1.82, 2.24) is 0 Å². The van der Waals surface area contributed by atoms with Gasteiger partial charge in [-0.15, -0.1) is 0 Å². The molecule has 1 aromatic carbocycles. The topological polar surface area (TPSA) is 0 Å². The van der Waals surface area contributed by atoms with Crippen LogP contribution in [0.15, 0.2) is 18.2 Å². The van der Waals surface area contributed by atoms with Crippen molar-refractivity contribution in [2.45, 2.75) is 3.79 Å². The van der Waals surface area contributed by atoms with Crippen molar-refractivity contribution < 1.29 is 8.78 Å². The number of hydrogen-bond donors (Lipinski definition) is 0. The van der Waals surface area contributed by atoms with E-state index in [1.807, 2.05) is 0 Å². The van der Waals surface area contributed by atoms with E-state index in [9.17, 15) is 8.78 Å². The molecule has 0 aliphatic carbocycles. The second-order valence-corrected chi connectivity index (χ2v) is 4.44. The van der Waals surface area contributed by atoms with Crippen LogP contribution in [-0.2, 0) is 3.79 Å².